The lowest BCUT2D eigenvalue weighted by Crippen LogP contribution is -2.65. The molecule has 5 heterocycles. The molecule has 1 aliphatic carbocycles. The first kappa shape index (κ1) is 17.2. The summed E-state index contributed by atoms with van der Waals surface area (Å²) in [4.78, 5) is 19.0. The first-order valence-corrected chi connectivity index (χ1v) is 11.5. The number of nitrogens with zero attached hydrogens (tertiary/aromatic N) is 2. The van der Waals surface area contributed by atoms with E-state index in [4.69, 9.17) is 4.74 Å². The molecule has 5 fully saturated rings. The molecular formula is C22H27N3O2S. The molecule has 1 N–H and O–H groups in total. The summed E-state index contributed by atoms with van der Waals surface area (Å²) >= 11 is 1.63. The molecule has 6 heteroatoms. The van der Waals surface area contributed by atoms with E-state index >= 15 is 0 Å². The fourth-order valence-electron chi connectivity index (χ4n) is 5.68. The van der Waals surface area contributed by atoms with Crippen molar-refractivity contribution >= 4 is 33.0 Å². The molecule has 148 valence electrons. The van der Waals surface area contributed by atoms with Crippen LogP contribution in [0.3, 0.4) is 0 Å². The first-order valence-electron chi connectivity index (χ1n) is 10.7. The summed E-state index contributed by atoms with van der Waals surface area (Å²) in [6.45, 7) is 5.90. The topological polar surface area (TPSA) is 44.8 Å². The number of ether oxygens (including phenoxy) is 1. The number of hydrogen-bond acceptors (Lipinski definition) is 5. The number of benzene rings is 1. The molecule has 1 saturated carbocycles. The number of hydrogen-bond donors (Lipinski definition) is 1. The molecule has 4 aliphatic heterocycles. The lowest BCUT2D eigenvalue weighted by Gasteiger charge is -2.52. The molecule has 28 heavy (non-hydrogen) atoms. The Morgan fingerprint density at radius 2 is 1.89 bits per heavy atom. The van der Waals surface area contributed by atoms with Crippen molar-refractivity contribution in [2.45, 2.75) is 37.3 Å². The van der Waals surface area contributed by atoms with Crippen molar-refractivity contribution in [1.29, 1.82) is 0 Å². The summed E-state index contributed by atoms with van der Waals surface area (Å²) in [5.41, 5.74) is 1.52. The highest BCUT2D eigenvalue weighted by Gasteiger charge is 2.60. The van der Waals surface area contributed by atoms with E-state index in [2.05, 4.69) is 39.4 Å². The normalized spacial score (nSPS) is 30.7. The number of rotatable bonds is 3. The maximum atomic E-state index is 13.1. The second-order valence-electron chi connectivity index (χ2n) is 8.81. The van der Waals surface area contributed by atoms with Crippen LogP contribution in [0, 0.1) is 5.92 Å². The van der Waals surface area contributed by atoms with Gasteiger partial charge in [0.2, 0.25) is 0 Å². The molecule has 5 aliphatic rings. The highest BCUT2D eigenvalue weighted by molar-refractivity contribution is 7.20. The Morgan fingerprint density at radius 1 is 1.11 bits per heavy atom. The van der Waals surface area contributed by atoms with Gasteiger partial charge in [0.15, 0.2) is 0 Å². The van der Waals surface area contributed by atoms with E-state index in [1.54, 1.807) is 11.3 Å². The minimum atomic E-state index is 0.124. The number of nitrogens with one attached hydrogen (secondary N) is 1. The van der Waals surface area contributed by atoms with E-state index in [1.165, 1.54) is 54.5 Å². The number of anilines is 1. The molecule has 1 aromatic heterocycles. The number of morpholine rings is 1. The van der Waals surface area contributed by atoms with Crippen molar-refractivity contribution in [3.05, 3.63) is 29.1 Å². The van der Waals surface area contributed by atoms with Gasteiger partial charge in [-0.25, -0.2) is 0 Å². The standard InChI is InChI=1S/C22H27N3O2S/c26-21(23-20-15-3-7-25(8-4-15)22(20)5-6-22)19-13-16-1-2-17(14-18(16)28-19)24-9-11-27-12-10-24/h1-2,13-15,20H,3-12H2,(H,23,26)/t20-/m0/s1. The van der Waals surface area contributed by atoms with E-state index in [0.717, 1.165) is 31.2 Å². The van der Waals surface area contributed by atoms with Crippen molar-refractivity contribution in [3.8, 4) is 0 Å². The molecule has 1 atom stereocenters. The van der Waals surface area contributed by atoms with Crippen molar-refractivity contribution in [1.82, 2.24) is 10.2 Å². The van der Waals surface area contributed by atoms with Crippen LogP contribution in [0.4, 0.5) is 5.69 Å². The average Bonchev–Trinajstić information content (AvgIpc) is 3.40. The van der Waals surface area contributed by atoms with E-state index in [0.29, 0.717) is 12.0 Å². The number of fused-ring (bicyclic) bond motifs is 3. The van der Waals surface area contributed by atoms with Crippen LogP contribution in [-0.2, 0) is 4.74 Å². The van der Waals surface area contributed by atoms with Crippen LogP contribution in [0.5, 0.6) is 0 Å². The molecule has 1 aromatic carbocycles. The smallest absolute Gasteiger partial charge is 0.261 e. The second-order valence-corrected chi connectivity index (χ2v) is 9.90. The highest BCUT2D eigenvalue weighted by Crippen LogP contribution is 2.53. The van der Waals surface area contributed by atoms with Gasteiger partial charge in [0, 0.05) is 29.0 Å². The molecule has 5 nitrogen and oxygen atoms in total. The van der Waals surface area contributed by atoms with Crippen LogP contribution in [0.25, 0.3) is 10.1 Å². The SMILES string of the molecule is O=C(N[C@H]1C2CCN(CC2)C12CC2)c1cc2ccc(N3CCOCC3)cc2s1. The predicted molar refractivity (Wildman–Crippen MR) is 112 cm³/mol. The summed E-state index contributed by atoms with van der Waals surface area (Å²) in [6.07, 6.45) is 4.98. The van der Waals surface area contributed by atoms with Crippen molar-refractivity contribution in [2.24, 2.45) is 5.92 Å². The Morgan fingerprint density at radius 3 is 2.64 bits per heavy atom. The van der Waals surface area contributed by atoms with Gasteiger partial charge in [0.1, 0.15) is 0 Å². The molecule has 0 unspecified atom stereocenters. The quantitative estimate of drug-likeness (QED) is 0.865. The Kier molecular flexibility index (Phi) is 3.97. The molecule has 2 bridgehead atoms. The molecule has 0 radical (unpaired) electrons. The molecule has 4 saturated heterocycles. The van der Waals surface area contributed by atoms with Crippen LogP contribution < -0.4 is 10.2 Å². The maximum absolute atomic E-state index is 13.1. The number of amides is 1. The fourth-order valence-corrected chi connectivity index (χ4v) is 6.68. The van der Waals surface area contributed by atoms with Gasteiger partial charge in [0.05, 0.1) is 24.1 Å². The molecular weight excluding hydrogens is 370 g/mol. The van der Waals surface area contributed by atoms with Gasteiger partial charge >= 0.3 is 0 Å². The predicted octanol–water partition coefficient (Wildman–Crippen LogP) is 3.09. The van der Waals surface area contributed by atoms with Crippen LogP contribution in [0.2, 0.25) is 0 Å². The van der Waals surface area contributed by atoms with Gasteiger partial charge in [0.25, 0.3) is 5.91 Å². The van der Waals surface area contributed by atoms with Crippen molar-refractivity contribution < 1.29 is 9.53 Å². The Hall–Kier alpha value is -1.63. The molecule has 7 rings (SSSR count). The number of thiophene rings is 1. The molecule has 1 amide bonds. The first-order chi connectivity index (χ1) is 13.7. The third-order valence-corrected chi connectivity index (χ3v) is 8.47. The number of piperidine rings is 3. The van der Waals surface area contributed by atoms with Gasteiger partial charge < -0.3 is 15.0 Å². The summed E-state index contributed by atoms with van der Waals surface area (Å²) < 4.78 is 6.66. The Labute approximate surface area is 169 Å². The number of carbonyl (C=O) groups is 1. The third-order valence-electron chi connectivity index (χ3n) is 7.37. The molecule has 2 aromatic rings. The van der Waals surface area contributed by atoms with Gasteiger partial charge in [-0.05, 0) is 68.3 Å². The third kappa shape index (κ3) is 2.69. The zero-order valence-corrected chi connectivity index (χ0v) is 17.0. The van der Waals surface area contributed by atoms with Crippen LogP contribution in [0.1, 0.15) is 35.4 Å². The van der Waals surface area contributed by atoms with E-state index in [1.807, 2.05) is 0 Å². The lowest BCUT2D eigenvalue weighted by molar-refractivity contribution is -0.00138. The van der Waals surface area contributed by atoms with Gasteiger partial charge in [-0.2, -0.15) is 0 Å². The summed E-state index contributed by atoms with van der Waals surface area (Å²) in [5.74, 6) is 0.790. The van der Waals surface area contributed by atoms with Crippen LogP contribution in [-0.4, -0.2) is 61.8 Å². The minimum absolute atomic E-state index is 0.124. The summed E-state index contributed by atoms with van der Waals surface area (Å²) in [6, 6.07) is 8.98. The zero-order chi connectivity index (χ0) is 18.7. The van der Waals surface area contributed by atoms with E-state index < -0.39 is 0 Å². The van der Waals surface area contributed by atoms with Gasteiger partial charge in [-0.3, -0.25) is 9.69 Å². The number of carbonyl (C=O) groups excluding carboxylic acids is 1. The zero-order valence-electron chi connectivity index (χ0n) is 16.2. The van der Waals surface area contributed by atoms with Gasteiger partial charge in [-0.15, -0.1) is 11.3 Å². The highest BCUT2D eigenvalue weighted by atomic mass is 32.1. The minimum Gasteiger partial charge on any atom is -0.378 e. The van der Waals surface area contributed by atoms with Crippen LogP contribution in [0.15, 0.2) is 24.3 Å². The van der Waals surface area contributed by atoms with E-state index in [9.17, 15) is 4.79 Å². The second kappa shape index (κ2) is 6.44. The van der Waals surface area contributed by atoms with Gasteiger partial charge in [-0.1, -0.05) is 6.07 Å². The maximum Gasteiger partial charge on any atom is 0.261 e. The Bertz CT molecular complexity index is 908. The monoisotopic (exact) mass is 397 g/mol. The summed E-state index contributed by atoms with van der Waals surface area (Å²) in [5, 5.41) is 4.63. The van der Waals surface area contributed by atoms with Crippen molar-refractivity contribution in [3.63, 3.8) is 0 Å². The lowest BCUT2D eigenvalue weighted by atomic mass is 9.77. The average molecular weight is 398 g/mol. The summed E-state index contributed by atoms with van der Waals surface area (Å²) in [7, 11) is 0. The Balaban J connectivity index is 1.23. The largest absolute Gasteiger partial charge is 0.378 e. The fraction of sp³-hybridized carbons (Fsp3) is 0.591. The van der Waals surface area contributed by atoms with Crippen LogP contribution >= 0.6 is 11.3 Å². The molecule has 1 spiro atoms. The van der Waals surface area contributed by atoms with Crippen molar-refractivity contribution in [2.75, 3.05) is 44.3 Å². The van der Waals surface area contributed by atoms with E-state index in [-0.39, 0.29) is 11.4 Å².